The first-order chi connectivity index (χ1) is 7.49. The molecule has 1 aromatic heterocycles. The summed E-state index contributed by atoms with van der Waals surface area (Å²) in [4.78, 5) is 4.25. The minimum Gasteiger partial charge on any atom is -0.385 e. The normalized spacial score (nSPS) is 35.0. The van der Waals surface area contributed by atoms with Crippen LogP contribution in [0.5, 0.6) is 0 Å². The summed E-state index contributed by atoms with van der Waals surface area (Å²) in [6.45, 7) is 5.95. The highest BCUT2D eigenvalue weighted by molar-refractivity contribution is 5.21. The van der Waals surface area contributed by atoms with Gasteiger partial charge in [-0.1, -0.05) is 6.07 Å². The molecule has 1 N–H and O–H groups in total. The monoisotopic (exact) mass is 221 g/mol. The fraction of sp³-hybridized carbons (Fsp3) is 0.615. The maximum atomic E-state index is 10.7. The van der Waals surface area contributed by atoms with E-state index in [2.05, 4.69) is 4.98 Å². The van der Waals surface area contributed by atoms with Crippen LogP contribution < -0.4 is 0 Å². The molecule has 1 fully saturated rings. The van der Waals surface area contributed by atoms with Crippen LogP contribution in [0.15, 0.2) is 18.3 Å². The Morgan fingerprint density at radius 2 is 1.94 bits per heavy atom. The summed E-state index contributed by atoms with van der Waals surface area (Å²) >= 11 is 0. The molecule has 88 valence electrons. The number of nitrogens with zero attached hydrogens (tertiary/aromatic N) is 1. The maximum Gasteiger partial charge on any atom is 0.0960 e. The average Bonchev–Trinajstić information content (AvgIpc) is 2.16. The Kier molecular flexibility index (Phi) is 3.00. The highest BCUT2D eigenvalue weighted by atomic mass is 16.5. The summed E-state index contributed by atoms with van der Waals surface area (Å²) in [5.74, 6) is 0. The van der Waals surface area contributed by atoms with Gasteiger partial charge in [0.25, 0.3) is 0 Å². The third kappa shape index (κ3) is 2.25. The van der Waals surface area contributed by atoms with Crippen LogP contribution in [-0.4, -0.2) is 22.3 Å². The van der Waals surface area contributed by atoms with E-state index < -0.39 is 5.60 Å². The van der Waals surface area contributed by atoms with Gasteiger partial charge in [0, 0.05) is 30.3 Å². The SMILES string of the molecule is Cc1ccc(C2(O)CC(C)OC(C)C2)cn1. The Labute approximate surface area is 96.5 Å². The predicted molar refractivity (Wildman–Crippen MR) is 62.1 cm³/mol. The molecule has 2 rings (SSSR count). The first-order valence-electron chi connectivity index (χ1n) is 5.80. The number of pyridine rings is 1. The van der Waals surface area contributed by atoms with Gasteiger partial charge in [-0.3, -0.25) is 4.98 Å². The van der Waals surface area contributed by atoms with E-state index in [0.29, 0.717) is 12.8 Å². The van der Waals surface area contributed by atoms with Gasteiger partial charge in [-0.25, -0.2) is 0 Å². The highest BCUT2D eigenvalue weighted by Crippen LogP contribution is 2.36. The van der Waals surface area contributed by atoms with E-state index in [4.69, 9.17) is 4.74 Å². The molecule has 0 aromatic carbocycles. The Morgan fingerprint density at radius 1 is 1.31 bits per heavy atom. The van der Waals surface area contributed by atoms with Crippen molar-refractivity contribution >= 4 is 0 Å². The number of ether oxygens (including phenoxy) is 1. The van der Waals surface area contributed by atoms with Gasteiger partial charge >= 0.3 is 0 Å². The number of hydrogen-bond acceptors (Lipinski definition) is 3. The van der Waals surface area contributed by atoms with Gasteiger partial charge in [0.2, 0.25) is 0 Å². The molecule has 16 heavy (non-hydrogen) atoms. The molecule has 1 saturated heterocycles. The molecular weight excluding hydrogens is 202 g/mol. The highest BCUT2D eigenvalue weighted by Gasteiger charge is 2.38. The summed E-state index contributed by atoms with van der Waals surface area (Å²) in [7, 11) is 0. The lowest BCUT2D eigenvalue weighted by Crippen LogP contribution is -2.41. The molecule has 2 unspecified atom stereocenters. The van der Waals surface area contributed by atoms with Crippen molar-refractivity contribution in [3.05, 3.63) is 29.6 Å². The lowest BCUT2D eigenvalue weighted by atomic mass is 9.82. The topological polar surface area (TPSA) is 42.4 Å². The number of aryl methyl sites for hydroxylation is 1. The summed E-state index contributed by atoms with van der Waals surface area (Å²) in [5, 5.41) is 10.7. The molecule has 1 aliphatic rings. The number of aliphatic hydroxyl groups is 1. The van der Waals surface area contributed by atoms with Gasteiger partial charge in [-0.15, -0.1) is 0 Å². The maximum absolute atomic E-state index is 10.7. The van der Waals surface area contributed by atoms with Gasteiger partial charge < -0.3 is 9.84 Å². The van der Waals surface area contributed by atoms with E-state index in [9.17, 15) is 5.11 Å². The lowest BCUT2D eigenvalue weighted by molar-refractivity contribution is -0.135. The molecule has 0 radical (unpaired) electrons. The van der Waals surface area contributed by atoms with Crippen molar-refractivity contribution in [3.63, 3.8) is 0 Å². The Hall–Kier alpha value is -0.930. The Balaban J connectivity index is 2.26. The van der Waals surface area contributed by atoms with Crippen LogP contribution in [0.3, 0.4) is 0 Å². The molecule has 0 spiro atoms. The number of hydrogen-bond donors (Lipinski definition) is 1. The van der Waals surface area contributed by atoms with Crippen LogP contribution in [-0.2, 0) is 10.3 Å². The van der Waals surface area contributed by atoms with Crippen molar-refractivity contribution in [1.82, 2.24) is 4.98 Å². The fourth-order valence-electron chi connectivity index (χ4n) is 2.51. The third-order valence-electron chi connectivity index (χ3n) is 3.16. The zero-order chi connectivity index (χ0) is 11.8. The molecule has 0 amide bonds. The van der Waals surface area contributed by atoms with E-state index in [-0.39, 0.29) is 12.2 Å². The lowest BCUT2D eigenvalue weighted by Gasteiger charge is -2.39. The smallest absolute Gasteiger partial charge is 0.0960 e. The van der Waals surface area contributed by atoms with E-state index in [1.165, 1.54) is 0 Å². The van der Waals surface area contributed by atoms with E-state index in [0.717, 1.165) is 11.3 Å². The first kappa shape index (κ1) is 11.6. The largest absolute Gasteiger partial charge is 0.385 e. The molecular formula is C13H19NO2. The number of rotatable bonds is 1. The quantitative estimate of drug-likeness (QED) is 0.790. The van der Waals surface area contributed by atoms with E-state index in [1.54, 1.807) is 6.20 Å². The molecule has 2 heterocycles. The molecule has 3 heteroatoms. The number of aromatic nitrogens is 1. The van der Waals surface area contributed by atoms with Crippen molar-refractivity contribution in [2.45, 2.75) is 51.4 Å². The molecule has 1 aromatic rings. The zero-order valence-electron chi connectivity index (χ0n) is 10.1. The van der Waals surface area contributed by atoms with Crippen LogP contribution in [0, 0.1) is 6.92 Å². The predicted octanol–water partition coefficient (Wildman–Crippen LogP) is 2.17. The summed E-state index contributed by atoms with van der Waals surface area (Å²) < 4.78 is 5.65. The van der Waals surface area contributed by atoms with Crippen LogP contribution in [0.4, 0.5) is 0 Å². The molecule has 0 bridgehead atoms. The van der Waals surface area contributed by atoms with Crippen LogP contribution in [0.25, 0.3) is 0 Å². The third-order valence-corrected chi connectivity index (χ3v) is 3.16. The second kappa shape index (κ2) is 4.15. The second-order valence-electron chi connectivity index (χ2n) is 4.89. The Bertz CT molecular complexity index is 351. The van der Waals surface area contributed by atoms with Crippen molar-refractivity contribution in [2.24, 2.45) is 0 Å². The van der Waals surface area contributed by atoms with Crippen molar-refractivity contribution < 1.29 is 9.84 Å². The molecule has 0 aliphatic carbocycles. The van der Waals surface area contributed by atoms with Gasteiger partial charge in [0.05, 0.1) is 17.8 Å². The van der Waals surface area contributed by atoms with Crippen molar-refractivity contribution in [2.75, 3.05) is 0 Å². The molecule has 1 aliphatic heterocycles. The Morgan fingerprint density at radius 3 is 2.44 bits per heavy atom. The minimum atomic E-state index is -0.780. The van der Waals surface area contributed by atoms with Crippen molar-refractivity contribution in [1.29, 1.82) is 0 Å². The van der Waals surface area contributed by atoms with Crippen LogP contribution in [0.2, 0.25) is 0 Å². The van der Waals surface area contributed by atoms with Gasteiger partial charge in [0.15, 0.2) is 0 Å². The molecule has 0 saturated carbocycles. The van der Waals surface area contributed by atoms with Crippen molar-refractivity contribution in [3.8, 4) is 0 Å². The second-order valence-corrected chi connectivity index (χ2v) is 4.89. The van der Waals surface area contributed by atoms with Gasteiger partial charge in [0.1, 0.15) is 0 Å². The molecule has 3 nitrogen and oxygen atoms in total. The standard InChI is InChI=1S/C13H19NO2/c1-9-4-5-12(8-14-9)13(15)6-10(2)16-11(3)7-13/h4-5,8,10-11,15H,6-7H2,1-3H3. The van der Waals surface area contributed by atoms with Gasteiger partial charge in [-0.05, 0) is 26.8 Å². The fourth-order valence-corrected chi connectivity index (χ4v) is 2.51. The van der Waals surface area contributed by atoms with E-state index in [1.807, 2.05) is 32.9 Å². The van der Waals surface area contributed by atoms with Crippen LogP contribution >= 0.6 is 0 Å². The zero-order valence-corrected chi connectivity index (χ0v) is 10.1. The summed E-state index contributed by atoms with van der Waals surface area (Å²) in [6.07, 6.45) is 3.25. The minimum absolute atomic E-state index is 0.0926. The first-order valence-corrected chi connectivity index (χ1v) is 5.80. The van der Waals surface area contributed by atoms with Crippen LogP contribution in [0.1, 0.15) is 37.9 Å². The molecule has 2 atom stereocenters. The van der Waals surface area contributed by atoms with E-state index >= 15 is 0 Å². The average molecular weight is 221 g/mol. The summed E-state index contributed by atoms with van der Waals surface area (Å²) in [6, 6.07) is 3.91. The summed E-state index contributed by atoms with van der Waals surface area (Å²) in [5.41, 5.74) is 1.10. The van der Waals surface area contributed by atoms with Gasteiger partial charge in [-0.2, -0.15) is 0 Å².